The van der Waals surface area contributed by atoms with E-state index in [1.165, 1.54) is 12.1 Å². The molecule has 2 atom stereocenters. The molecule has 3 N–H and O–H groups in total. The number of amides is 3. The van der Waals surface area contributed by atoms with Crippen LogP contribution in [0.3, 0.4) is 0 Å². The molecule has 0 aliphatic carbocycles. The second kappa shape index (κ2) is 9.68. The molecule has 1 aliphatic heterocycles. The number of nitrogens with zero attached hydrogens (tertiary/aromatic N) is 2. The van der Waals surface area contributed by atoms with E-state index in [2.05, 4.69) is 5.32 Å². The second-order valence-corrected chi connectivity index (χ2v) is 9.84. The fourth-order valence-electron chi connectivity index (χ4n) is 4.34. The monoisotopic (exact) mass is 490 g/mol. The molecule has 0 saturated carbocycles. The highest BCUT2D eigenvalue weighted by Crippen LogP contribution is 2.45. The molecule has 2 heterocycles. The van der Waals surface area contributed by atoms with Crippen molar-refractivity contribution >= 4 is 34.7 Å². The largest absolute Gasteiger partial charge is 0.365 e. The van der Waals surface area contributed by atoms with Crippen LogP contribution in [0.1, 0.15) is 61.8 Å². The highest BCUT2D eigenvalue weighted by Gasteiger charge is 2.45. The van der Waals surface area contributed by atoms with Crippen LogP contribution in [0, 0.1) is 23.1 Å². The van der Waals surface area contributed by atoms with E-state index < -0.39 is 29.6 Å². The minimum Gasteiger partial charge on any atom is -0.365 e. The Bertz CT molecular complexity index is 1360. The number of hydrogen-bond donors (Lipinski definition) is 2. The summed E-state index contributed by atoms with van der Waals surface area (Å²) >= 11 is 1.15. The Hall–Kier alpha value is -4.03. The third-order valence-corrected chi connectivity index (χ3v) is 6.97. The molecule has 4 rings (SSSR count). The van der Waals surface area contributed by atoms with Crippen LogP contribution in [0.15, 0.2) is 54.6 Å². The second-order valence-electron chi connectivity index (χ2n) is 8.72. The van der Waals surface area contributed by atoms with Crippen LogP contribution in [-0.2, 0) is 4.79 Å². The number of carbonyl (C=O) groups is 3. The molecule has 3 amide bonds. The summed E-state index contributed by atoms with van der Waals surface area (Å²) in [5.74, 6) is -2.61. The highest BCUT2D eigenvalue weighted by atomic mass is 32.1. The van der Waals surface area contributed by atoms with Gasteiger partial charge in [-0.2, -0.15) is 5.26 Å². The van der Waals surface area contributed by atoms with Crippen LogP contribution < -0.4 is 11.1 Å². The van der Waals surface area contributed by atoms with E-state index in [4.69, 9.17) is 11.0 Å². The van der Waals surface area contributed by atoms with Gasteiger partial charge in [-0.3, -0.25) is 14.4 Å². The van der Waals surface area contributed by atoms with Crippen molar-refractivity contribution in [3.05, 3.63) is 86.9 Å². The van der Waals surface area contributed by atoms with Crippen molar-refractivity contribution in [3.63, 3.8) is 0 Å². The molecule has 3 aromatic rings. The number of fused-ring (bicyclic) bond motifs is 1. The highest BCUT2D eigenvalue weighted by molar-refractivity contribution is 7.14. The van der Waals surface area contributed by atoms with Crippen LogP contribution >= 0.6 is 11.3 Å². The third-order valence-electron chi connectivity index (χ3n) is 5.80. The summed E-state index contributed by atoms with van der Waals surface area (Å²) < 4.78 is 13.8. The SMILES string of the molecule is CC(C)CN1C(=O)c2ccccc2[C@H](C(=O)Nc2ccc(F)c(C#N)c2)[C@H]1c1ccc(C(N)=O)s1. The summed E-state index contributed by atoms with van der Waals surface area (Å²) in [6.07, 6.45) is 0. The van der Waals surface area contributed by atoms with Crippen LogP contribution in [0.5, 0.6) is 0 Å². The van der Waals surface area contributed by atoms with Crippen LogP contribution in [0.25, 0.3) is 0 Å². The maximum atomic E-state index is 13.8. The average molecular weight is 491 g/mol. The van der Waals surface area contributed by atoms with Gasteiger partial charge >= 0.3 is 0 Å². The van der Waals surface area contributed by atoms with E-state index in [1.807, 2.05) is 13.8 Å². The number of benzene rings is 2. The molecule has 0 bridgehead atoms. The van der Waals surface area contributed by atoms with Gasteiger partial charge in [-0.05, 0) is 47.9 Å². The van der Waals surface area contributed by atoms with Crippen molar-refractivity contribution < 1.29 is 18.8 Å². The molecule has 35 heavy (non-hydrogen) atoms. The molecule has 9 heteroatoms. The lowest BCUT2D eigenvalue weighted by Crippen LogP contribution is -2.47. The average Bonchev–Trinajstić information content (AvgIpc) is 3.32. The number of carbonyl (C=O) groups excluding carboxylic acids is 3. The van der Waals surface area contributed by atoms with Crippen molar-refractivity contribution in [3.8, 4) is 6.07 Å². The van der Waals surface area contributed by atoms with Crippen LogP contribution in [-0.4, -0.2) is 29.2 Å². The Kier molecular flexibility index (Phi) is 6.67. The molecule has 0 spiro atoms. The lowest BCUT2D eigenvalue weighted by atomic mass is 9.81. The number of primary amides is 1. The molecule has 1 aromatic heterocycles. The predicted molar refractivity (Wildman–Crippen MR) is 130 cm³/mol. The first kappa shape index (κ1) is 24.1. The van der Waals surface area contributed by atoms with Crippen molar-refractivity contribution in [1.29, 1.82) is 5.26 Å². The maximum Gasteiger partial charge on any atom is 0.258 e. The molecule has 2 aromatic carbocycles. The summed E-state index contributed by atoms with van der Waals surface area (Å²) in [6, 6.07) is 15.1. The minimum absolute atomic E-state index is 0.112. The standard InChI is InChI=1S/C26H23FN4O3S/c1-14(2)13-31-23(20-9-10-21(35-20)24(29)32)22(17-5-3-4-6-18(17)26(31)34)25(33)30-16-7-8-19(27)15(11-16)12-28/h3-11,14,22-23H,13H2,1-2H3,(H2,29,32)(H,30,33)/t22-,23+/m0/s1. The molecule has 7 nitrogen and oxygen atoms in total. The van der Waals surface area contributed by atoms with E-state index >= 15 is 0 Å². The van der Waals surface area contributed by atoms with E-state index in [1.54, 1.807) is 47.4 Å². The molecule has 1 aliphatic rings. The van der Waals surface area contributed by atoms with Gasteiger partial charge in [-0.15, -0.1) is 11.3 Å². The predicted octanol–water partition coefficient (Wildman–Crippen LogP) is 4.43. The number of nitrogens with two attached hydrogens (primary N) is 1. The van der Waals surface area contributed by atoms with Gasteiger partial charge in [-0.1, -0.05) is 32.0 Å². The van der Waals surface area contributed by atoms with E-state index in [-0.39, 0.29) is 23.1 Å². The van der Waals surface area contributed by atoms with E-state index in [9.17, 15) is 18.8 Å². The molecular formula is C26H23FN4O3S. The quantitative estimate of drug-likeness (QED) is 0.532. The lowest BCUT2D eigenvalue weighted by molar-refractivity contribution is -0.119. The summed E-state index contributed by atoms with van der Waals surface area (Å²) in [6.45, 7) is 4.34. The zero-order chi connectivity index (χ0) is 25.3. The Morgan fingerprint density at radius 2 is 1.94 bits per heavy atom. The number of nitriles is 1. The first-order valence-electron chi connectivity index (χ1n) is 11.0. The van der Waals surface area contributed by atoms with E-state index in [0.717, 1.165) is 17.4 Å². The Morgan fingerprint density at radius 1 is 1.20 bits per heavy atom. The normalized spacial score (nSPS) is 17.1. The first-order valence-corrected chi connectivity index (χ1v) is 11.8. The van der Waals surface area contributed by atoms with Gasteiger partial charge in [0.2, 0.25) is 5.91 Å². The van der Waals surface area contributed by atoms with E-state index in [0.29, 0.717) is 27.4 Å². The summed E-state index contributed by atoms with van der Waals surface area (Å²) in [5, 5.41) is 11.9. The van der Waals surface area contributed by atoms with Crippen LogP contribution in [0.2, 0.25) is 0 Å². The molecule has 0 saturated heterocycles. The van der Waals surface area contributed by atoms with Gasteiger partial charge in [0.1, 0.15) is 11.9 Å². The Morgan fingerprint density at radius 3 is 2.60 bits per heavy atom. The number of rotatable bonds is 6. The van der Waals surface area contributed by atoms with Gasteiger partial charge in [0, 0.05) is 22.7 Å². The number of thiophene rings is 1. The van der Waals surface area contributed by atoms with Crippen molar-refractivity contribution in [1.82, 2.24) is 4.90 Å². The Balaban J connectivity index is 1.84. The molecule has 0 fully saturated rings. The van der Waals surface area contributed by atoms with Gasteiger partial charge < -0.3 is 16.0 Å². The molecule has 0 unspecified atom stereocenters. The Labute approximate surface area is 206 Å². The topological polar surface area (TPSA) is 116 Å². The first-order chi connectivity index (χ1) is 16.7. The van der Waals surface area contributed by atoms with Crippen molar-refractivity contribution in [2.75, 3.05) is 11.9 Å². The summed E-state index contributed by atoms with van der Waals surface area (Å²) in [4.78, 5) is 41.7. The fourth-order valence-corrected chi connectivity index (χ4v) is 5.35. The summed E-state index contributed by atoms with van der Waals surface area (Å²) in [7, 11) is 0. The number of halogens is 1. The van der Waals surface area contributed by atoms with Gasteiger partial charge in [0.25, 0.3) is 11.8 Å². The number of anilines is 1. The molecule has 0 radical (unpaired) electrons. The fraction of sp³-hybridized carbons (Fsp3) is 0.231. The third kappa shape index (κ3) is 4.66. The van der Waals surface area contributed by atoms with Gasteiger partial charge in [-0.25, -0.2) is 4.39 Å². The number of hydrogen-bond acceptors (Lipinski definition) is 5. The zero-order valence-electron chi connectivity index (χ0n) is 19.1. The molecular weight excluding hydrogens is 467 g/mol. The maximum absolute atomic E-state index is 13.8. The summed E-state index contributed by atoms with van der Waals surface area (Å²) in [5.41, 5.74) is 6.52. The van der Waals surface area contributed by atoms with Crippen LogP contribution in [0.4, 0.5) is 10.1 Å². The zero-order valence-corrected chi connectivity index (χ0v) is 19.9. The minimum atomic E-state index is -0.822. The van der Waals surface area contributed by atoms with Crippen molar-refractivity contribution in [2.45, 2.75) is 25.8 Å². The smallest absolute Gasteiger partial charge is 0.258 e. The number of nitrogens with one attached hydrogen (secondary N) is 1. The lowest BCUT2D eigenvalue weighted by Gasteiger charge is -2.42. The molecule has 178 valence electrons. The van der Waals surface area contributed by atoms with Crippen molar-refractivity contribution in [2.24, 2.45) is 11.7 Å². The van der Waals surface area contributed by atoms with Gasteiger partial charge in [0.15, 0.2) is 0 Å². The van der Waals surface area contributed by atoms with Gasteiger partial charge in [0.05, 0.1) is 22.4 Å².